The molecule has 10 aromatic rings. The standard InChI is InChI=1S/C60H44N2/c1-59(2)50-29-15-14-26-47(50)56-46(27-16-30-51(56)59)43-25-13-11-23-41(43)44-32-33-45(42-24-12-10-22-40(42)44)54-36-55(62-58(61-54)37-18-6-5-7-19-37)48-28-17-31-52-57(48)49-34-38-20-8-9-21-39(38)35-53(49)60(52,3)4/h5-36H,1-4H3. The molecule has 2 aliphatic rings. The van der Waals surface area contributed by atoms with E-state index in [9.17, 15) is 0 Å². The number of benzene rings is 9. The Morgan fingerprint density at radius 1 is 0.306 bits per heavy atom. The summed E-state index contributed by atoms with van der Waals surface area (Å²) in [5.74, 6) is 0.714. The number of fused-ring (bicyclic) bond motifs is 8. The summed E-state index contributed by atoms with van der Waals surface area (Å²) in [5.41, 5.74) is 20.4. The van der Waals surface area contributed by atoms with Crippen molar-refractivity contribution in [2.24, 2.45) is 0 Å². The van der Waals surface area contributed by atoms with E-state index in [1.54, 1.807) is 0 Å². The first-order valence-corrected chi connectivity index (χ1v) is 21.7. The summed E-state index contributed by atoms with van der Waals surface area (Å²) < 4.78 is 0. The van der Waals surface area contributed by atoms with Crippen molar-refractivity contribution in [3.05, 3.63) is 216 Å². The minimum absolute atomic E-state index is 0.0754. The molecule has 0 atom stereocenters. The van der Waals surface area contributed by atoms with Crippen molar-refractivity contribution in [1.82, 2.24) is 9.97 Å². The van der Waals surface area contributed by atoms with Crippen molar-refractivity contribution in [3.63, 3.8) is 0 Å². The van der Waals surface area contributed by atoms with Crippen LogP contribution >= 0.6 is 0 Å². The molecule has 2 aliphatic carbocycles. The Hall–Kier alpha value is -7.42. The van der Waals surface area contributed by atoms with Gasteiger partial charge in [-0.3, -0.25) is 0 Å². The van der Waals surface area contributed by atoms with Crippen LogP contribution in [-0.4, -0.2) is 9.97 Å². The molecule has 0 fully saturated rings. The summed E-state index contributed by atoms with van der Waals surface area (Å²) >= 11 is 0. The molecular weight excluding hydrogens is 749 g/mol. The van der Waals surface area contributed by atoms with Crippen molar-refractivity contribution >= 4 is 21.5 Å². The number of rotatable bonds is 5. The first-order chi connectivity index (χ1) is 30.3. The van der Waals surface area contributed by atoms with E-state index in [1.807, 2.05) is 0 Å². The lowest BCUT2D eigenvalue weighted by atomic mass is 9.81. The Kier molecular flexibility index (Phi) is 7.96. The van der Waals surface area contributed by atoms with Crippen LogP contribution in [0.25, 0.3) is 100.0 Å². The van der Waals surface area contributed by atoms with Gasteiger partial charge in [-0.25, -0.2) is 9.97 Å². The highest BCUT2D eigenvalue weighted by Crippen LogP contribution is 2.55. The van der Waals surface area contributed by atoms with Crippen LogP contribution in [0.3, 0.4) is 0 Å². The molecule has 0 radical (unpaired) electrons. The van der Waals surface area contributed by atoms with E-state index in [4.69, 9.17) is 9.97 Å². The first kappa shape index (κ1) is 36.4. The molecular formula is C60H44N2. The fraction of sp³-hybridized carbons (Fsp3) is 0.100. The van der Waals surface area contributed by atoms with Gasteiger partial charge in [0.05, 0.1) is 11.4 Å². The zero-order valence-corrected chi connectivity index (χ0v) is 35.4. The minimum Gasteiger partial charge on any atom is -0.228 e. The molecule has 0 unspecified atom stereocenters. The lowest BCUT2D eigenvalue weighted by Gasteiger charge is -2.22. The van der Waals surface area contributed by atoms with Gasteiger partial charge in [0.25, 0.3) is 0 Å². The molecule has 1 heterocycles. The van der Waals surface area contributed by atoms with Crippen molar-refractivity contribution in [1.29, 1.82) is 0 Å². The lowest BCUT2D eigenvalue weighted by molar-refractivity contribution is 0.660. The number of hydrogen-bond acceptors (Lipinski definition) is 2. The number of hydrogen-bond donors (Lipinski definition) is 0. The van der Waals surface area contributed by atoms with E-state index in [0.29, 0.717) is 5.82 Å². The van der Waals surface area contributed by atoms with Gasteiger partial charge in [-0.05, 0) is 107 Å². The van der Waals surface area contributed by atoms with Crippen molar-refractivity contribution in [3.8, 4) is 78.4 Å². The van der Waals surface area contributed by atoms with Gasteiger partial charge < -0.3 is 0 Å². The predicted octanol–water partition coefficient (Wildman–Crippen LogP) is 15.7. The molecule has 12 rings (SSSR count). The molecule has 2 heteroatoms. The molecule has 0 bridgehead atoms. The second kappa shape index (κ2) is 13.5. The summed E-state index contributed by atoms with van der Waals surface area (Å²) in [4.78, 5) is 10.8. The summed E-state index contributed by atoms with van der Waals surface area (Å²) in [6, 6.07) is 71.0. The SMILES string of the molecule is CC1(C)c2cc3ccccc3cc2-c2c(-c3cc(-c4ccc(-c5ccccc5-c5cccc6c5-c5ccccc5C6(C)C)c5ccccc45)nc(-c4ccccc4)n3)cccc21. The van der Waals surface area contributed by atoms with Crippen LogP contribution in [0.5, 0.6) is 0 Å². The molecule has 2 nitrogen and oxygen atoms in total. The monoisotopic (exact) mass is 792 g/mol. The highest BCUT2D eigenvalue weighted by atomic mass is 14.9. The van der Waals surface area contributed by atoms with Gasteiger partial charge in [0.15, 0.2) is 5.82 Å². The fourth-order valence-corrected chi connectivity index (χ4v) is 10.8. The quantitative estimate of drug-likeness (QED) is 0.173. The van der Waals surface area contributed by atoms with Crippen molar-refractivity contribution < 1.29 is 0 Å². The molecule has 9 aromatic carbocycles. The Morgan fingerprint density at radius 3 is 1.52 bits per heavy atom. The molecule has 0 saturated carbocycles. The normalized spacial score (nSPS) is 14.1. The lowest BCUT2D eigenvalue weighted by Crippen LogP contribution is -2.14. The van der Waals surface area contributed by atoms with Gasteiger partial charge in [-0.1, -0.05) is 204 Å². The van der Waals surface area contributed by atoms with E-state index < -0.39 is 0 Å². The van der Waals surface area contributed by atoms with E-state index in [0.717, 1.165) is 33.5 Å². The largest absolute Gasteiger partial charge is 0.228 e. The Morgan fingerprint density at radius 2 is 0.790 bits per heavy atom. The van der Waals surface area contributed by atoms with Gasteiger partial charge in [0, 0.05) is 27.5 Å². The van der Waals surface area contributed by atoms with Crippen LogP contribution in [0.15, 0.2) is 194 Å². The fourth-order valence-electron chi connectivity index (χ4n) is 10.8. The Labute approximate surface area is 363 Å². The Balaban J connectivity index is 1.06. The molecule has 294 valence electrons. The third kappa shape index (κ3) is 5.36. The second-order valence-corrected chi connectivity index (χ2v) is 18.1. The van der Waals surface area contributed by atoms with E-state index >= 15 is 0 Å². The highest BCUT2D eigenvalue weighted by Gasteiger charge is 2.38. The van der Waals surface area contributed by atoms with Crippen LogP contribution in [0.2, 0.25) is 0 Å². The highest BCUT2D eigenvalue weighted by molar-refractivity contribution is 6.08. The van der Waals surface area contributed by atoms with Crippen LogP contribution in [0, 0.1) is 0 Å². The van der Waals surface area contributed by atoms with E-state index in [1.165, 1.54) is 82.9 Å². The summed E-state index contributed by atoms with van der Waals surface area (Å²) in [7, 11) is 0. The molecule has 0 saturated heterocycles. The molecule has 0 aliphatic heterocycles. The zero-order chi connectivity index (χ0) is 41.7. The molecule has 0 N–H and O–H groups in total. The van der Waals surface area contributed by atoms with Gasteiger partial charge in [0.2, 0.25) is 0 Å². The zero-order valence-electron chi connectivity index (χ0n) is 35.4. The third-order valence-corrected chi connectivity index (χ3v) is 13.9. The smallest absolute Gasteiger partial charge is 0.160 e. The summed E-state index contributed by atoms with van der Waals surface area (Å²) in [6.07, 6.45) is 0. The average molecular weight is 793 g/mol. The third-order valence-electron chi connectivity index (χ3n) is 13.9. The number of nitrogens with zero attached hydrogens (tertiary/aromatic N) is 2. The second-order valence-electron chi connectivity index (χ2n) is 18.1. The maximum atomic E-state index is 5.39. The van der Waals surface area contributed by atoms with Crippen molar-refractivity contribution in [2.75, 3.05) is 0 Å². The molecule has 1 aromatic heterocycles. The van der Waals surface area contributed by atoms with E-state index in [2.05, 4.69) is 222 Å². The van der Waals surface area contributed by atoms with E-state index in [-0.39, 0.29) is 10.8 Å². The molecule has 0 amide bonds. The number of aromatic nitrogens is 2. The van der Waals surface area contributed by atoms with Gasteiger partial charge in [-0.2, -0.15) is 0 Å². The average Bonchev–Trinajstić information content (AvgIpc) is 3.69. The summed E-state index contributed by atoms with van der Waals surface area (Å²) in [6.45, 7) is 9.42. The van der Waals surface area contributed by atoms with Crippen LogP contribution in [-0.2, 0) is 10.8 Å². The van der Waals surface area contributed by atoms with Gasteiger partial charge in [-0.15, -0.1) is 0 Å². The topological polar surface area (TPSA) is 25.8 Å². The van der Waals surface area contributed by atoms with Crippen LogP contribution in [0.4, 0.5) is 0 Å². The molecule has 62 heavy (non-hydrogen) atoms. The maximum absolute atomic E-state index is 5.39. The molecule has 0 spiro atoms. The van der Waals surface area contributed by atoms with Gasteiger partial charge in [0.1, 0.15) is 0 Å². The first-order valence-electron chi connectivity index (χ1n) is 21.7. The Bertz CT molecular complexity index is 3460. The van der Waals surface area contributed by atoms with Crippen LogP contribution < -0.4 is 0 Å². The predicted molar refractivity (Wildman–Crippen MR) is 259 cm³/mol. The minimum atomic E-state index is -0.162. The maximum Gasteiger partial charge on any atom is 0.160 e. The van der Waals surface area contributed by atoms with Crippen molar-refractivity contribution in [2.45, 2.75) is 38.5 Å². The van der Waals surface area contributed by atoms with Gasteiger partial charge >= 0.3 is 0 Å². The van der Waals surface area contributed by atoms with Crippen LogP contribution in [0.1, 0.15) is 49.9 Å². The summed E-state index contributed by atoms with van der Waals surface area (Å²) in [5, 5.41) is 4.86.